The summed E-state index contributed by atoms with van der Waals surface area (Å²) in [6.45, 7) is 3.76. The molecule has 2 aromatic rings. The molecular weight excluding hydrogens is 284 g/mol. The molecule has 0 unspecified atom stereocenters. The zero-order valence-electron chi connectivity index (χ0n) is 11.2. The minimum atomic E-state index is -0.485. The highest BCUT2D eigenvalue weighted by Gasteiger charge is 2.16. The second kappa shape index (κ2) is 5.75. The fourth-order valence-corrected chi connectivity index (χ4v) is 2.38. The highest BCUT2D eigenvalue weighted by Crippen LogP contribution is 2.19. The lowest BCUT2D eigenvalue weighted by molar-refractivity contribution is 0.102. The Morgan fingerprint density at radius 3 is 2.60 bits per heavy atom. The molecule has 0 aliphatic carbocycles. The molecule has 0 saturated heterocycles. The van der Waals surface area contributed by atoms with Crippen LogP contribution in [0.1, 0.15) is 27.3 Å². The predicted octanol–water partition coefficient (Wildman–Crippen LogP) is 3.85. The average Bonchev–Trinajstić information content (AvgIpc) is 2.70. The van der Waals surface area contributed by atoms with Gasteiger partial charge in [-0.05, 0) is 38.1 Å². The van der Waals surface area contributed by atoms with Gasteiger partial charge in [0.25, 0.3) is 0 Å². The van der Waals surface area contributed by atoms with E-state index in [0.29, 0.717) is 11.3 Å². The Bertz CT molecular complexity index is 664. The highest BCUT2D eigenvalue weighted by atomic mass is 35.5. The number of aryl methyl sites for hydroxylation is 1. The molecule has 0 N–H and O–H groups in total. The van der Waals surface area contributed by atoms with Crippen LogP contribution < -0.4 is 0 Å². The van der Waals surface area contributed by atoms with Crippen molar-refractivity contribution in [3.63, 3.8) is 0 Å². The molecule has 0 aliphatic heterocycles. The van der Waals surface area contributed by atoms with E-state index in [1.54, 1.807) is 17.6 Å². The molecule has 0 amide bonds. The maximum atomic E-state index is 13.7. The number of aromatic nitrogens is 1. The fourth-order valence-electron chi connectivity index (χ4n) is 2.23. The van der Waals surface area contributed by atoms with Crippen molar-refractivity contribution in [1.29, 1.82) is 0 Å². The predicted molar refractivity (Wildman–Crippen MR) is 74.4 cm³/mol. The first-order valence-corrected chi connectivity index (χ1v) is 6.67. The van der Waals surface area contributed by atoms with Gasteiger partial charge in [-0.25, -0.2) is 8.78 Å². The minimum absolute atomic E-state index is 0.0986. The van der Waals surface area contributed by atoms with Gasteiger partial charge in [0.05, 0.1) is 12.4 Å². The zero-order chi connectivity index (χ0) is 14.9. The third-order valence-corrected chi connectivity index (χ3v) is 3.57. The lowest BCUT2D eigenvalue weighted by atomic mass is 10.1. The fraction of sp³-hybridized carbons (Fsp3) is 0.267. The van der Waals surface area contributed by atoms with Gasteiger partial charge >= 0.3 is 0 Å². The Morgan fingerprint density at radius 2 is 1.95 bits per heavy atom. The number of nitrogens with zero attached hydrogens (tertiary/aromatic N) is 1. The minimum Gasteiger partial charge on any atom is -0.344 e. The first-order chi connectivity index (χ1) is 9.43. The van der Waals surface area contributed by atoms with Crippen molar-refractivity contribution in [2.24, 2.45) is 0 Å². The van der Waals surface area contributed by atoms with Crippen LogP contribution in [0, 0.1) is 25.5 Å². The van der Waals surface area contributed by atoms with Crippen molar-refractivity contribution >= 4 is 17.4 Å². The van der Waals surface area contributed by atoms with Crippen molar-refractivity contribution in [1.82, 2.24) is 4.57 Å². The molecule has 2 rings (SSSR count). The summed E-state index contributed by atoms with van der Waals surface area (Å²) in [4.78, 5) is 11.7. The summed E-state index contributed by atoms with van der Waals surface area (Å²) < 4.78 is 28.6. The van der Waals surface area contributed by atoms with Crippen LogP contribution >= 0.6 is 11.6 Å². The quantitative estimate of drug-likeness (QED) is 0.620. The molecule has 0 fully saturated rings. The smallest absolute Gasteiger partial charge is 0.179 e. The summed E-state index contributed by atoms with van der Waals surface area (Å²) >= 11 is 5.56. The van der Waals surface area contributed by atoms with E-state index < -0.39 is 11.6 Å². The molecule has 0 atom stereocenters. The summed E-state index contributed by atoms with van der Waals surface area (Å²) in [5, 5.41) is 0. The largest absolute Gasteiger partial charge is 0.344 e. The van der Waals surface area contributed by atoms with Crippen LogP contribution in [0.25, 0.3) is 0 Å². The highest BCUT2D eigenvalue weighted by molar-refractivity contribution is 6.30. The van der Waals surface area contributed by atoms with Crippen molar-refractivity contribution in [3.05, 3.63) is 58.4 Å². The van der Waals surface area contributed by atoms with Crippen LogP contribution in [0.3, 0.4) is 0 Å². The molecule has 0 spiro atoms. The maximum Gasteiger partial charge on any atom is 0.179 e. The summed E-state index contributed by atoms with van der Waals surface area (Å²) in [5.74, 6) is -1.23. The van der Waals surface area contributed by atoms with E-state index in [1.165, 1.54) is 0 Å². The Kier molecular flexibility index (Phi) is 4.23. The third-order valence-electron chi connectivity index (χ3n) is 3.33. The van der Waals surface area contributed by atoms with Crippen molar-refractivity contribution in [2.75, 3.05) is 5.88 Å². The first-order valence-electron chi connectivity index (χ1n) is 6.14. The van der Waals surface area contributed by atoms with Gasteiger partial charge in [0, 0.05) is 22.5 Å². The van der Waals surface area contributed by atoms with Gasteiger partial charge < -0.3 is 4.57 Å². The van der Waals surface area contributed by atoms with E-state index in [4.69, 9.17) is 11.6 Å². The number of ketones is 1. The first kappa shape index (κ1) is 14.7. The normalized spacial score (nSPS) is 10.8. The lowest BCUT2D eigenvalue weighted by Gasteiger charge is -2.11. The monoisotopic (exact) mass is 297 g/mol. The summed E-state index contributed by atoms with van der Waals surface area (Å²) in [6.07, 6.45) is 0. The Labute approximate surface area is 121 Å². The topological polar surface area (TPSA) is 22.0 Å². The van der Waals surface area contributed by atoms with Gasteiger partial charge in [0.2, 0.25) is 0 Å². The molecule has 5 heteroatoms. The maximum absolute atomic E-state index is 13.7. The van der Waals surface area contributed by atoms with Crippen molar-refractivity contribution in [3.8, 4) is 0 Å². The number of carbonyl (C=O) groups excluding carboxylic acids is 1. The molecule has 2 nitrogen and oxygen atoms in total. The van der Waals surface area contributed by atoms with E-state index in [-0.39, 0.29) is 23.8 Å². The molecule has 1 heterocycles. The zero-order valence-corrected chi connectivity index (χ0v) is 12.0. The summed E-state index contributed by atoms with van der Waals surface area (Å²) in [5.41, 5.74) is 2.28. The SMILES string of the molecule is Cc1cc(C(=O)CCl)c(C)n1Cc1cc(F)ccc1F. The Balaban J connectivity index is 2.41. The summed E-state index contributed by atoms with van der Waals surface area (Å²) in [6, 6.07) is 5.06. The Hall–Kier alpha value is -1.68. The lowest BCUT2D eigenvalue weighted by Crippen LogP contribution is -2.08. The van der Waals surface area contributed by atoms with E-state index >= 15 is 0 Å². The van der Waals surface area contributed by atoms with Gasteiger partial charge in [-0.2, -0.15) is 0 Å². The van der Waals surface area contributed by atoms with Crippen LogP contribution in [-0.4, -0.2) is 16.2 Å². The van der Waals surface area contributed by atoms with Crippen LogP contribution in [0.5, 0.6) is 0 Å². The summed E-state index contributed by atoms with van der Waals surface area (Å²) in [7, 11) is 0. The second-order valence-corrected chi connectivity index (χ2v) is 4.93. The van der Waals surface area contributed by atoms with Crippen LogP contribution in [0.15, 0.2) is 24.3 Å². The number of alkyl halides is 1. The van der Waals surface area contributed by atoms with E-state index in [0.717, 1.165) is 23.9 Å². The van der Waals surface area contributed by atoms with E-state index in [9.17, 15) is 13.6 Å². The molecule has 1 aromatic heterocycles. The molecule has 20 heavy (non-hydrogen) atoms. The molecule has 0 aliphatic rings. The molecule has 0 radical (unpaired) electrons. The Morgan fingerprint density at radius 1 is 1.25 bits per heavy atom. The number of benzene rings is 1. The molecule has 0 bridgehead atoms. The second-order valence-electron chi connectivity index (χ2n) is 4.66. The van der Waals surface area contributed by atoms with E-state index in [1.807, 2.05) is 6.92 Å². The van der Waals surface area contributed by atoms with Crippen molar-refractivity contribution < 1.29 is 13.6 Å². The van der Waals surface area contributed by atoms with Crippen molar-refractivity contribution in [2.45, 2.75) is 20.4 Å². The van der Waals surface area contributed by atoms with Gasteiger partial charge in [-0.3, -0.25) is 4.79 Å². The third kappa shape index (κ3) is 2.75. The molecule has 1 aromatic carbocycles. The van der Waals surface area contributed by atoms with Crippen LogP contribution in [0.2, 0.25) is 0 Å². The molecular formula is C15H14ClF2NO. The molecule has 0 saturated carbocycles. The number of halogens is 3. The number of carbonyl (C=O) groups is 1. The van der Waals surface area contributed by atoms with Crippen LogP contribution in [0.4, 0.5) is 8.78 Å². The number of hydrogen-bond acceptors (Lipinski definition) is 1. The van der Waals surface area contributed by atoms with Gasteiger partial charge in [0.15, 0.2) is 5.78 Å². The van der Waals surface area contributed by atoms with Gasteiger partial charge in [-0.1, -0.05) is 0 Å². The van der Waals surface area contributed by atoms with Gasteiger partial charge in [0.1, 0.15) is 11.6 Å². The van der Waals surface area contributed by atoms with Gasteiger partial charge in [-0.15, -0.1) is 11.6 Å². The van der Waals surface area contributed by atoms with Crippen LogP contribution in [-0.2, 0) is 6.54 Å². The molecule has 106 valence electrons. The number of Topliss-reactive ketones (excluding diaryl/α,β-unsaturated/α-hetero) is 1. The number of rotatable bonds is 4. The van der Waals surface area contributed by atoms with E-state index in [2.05, 4.69) is 0 Å². The number of hydrogen-bond donors (Lipinski definition) is 0. The standard InChI is InChI=1S/C15H14ClF2NO/c1-9-5-13(15(20)7-16)10(2)19(9)8-11-6-12(17)3-4-14(11)18/h3-6H,7-8H2,1-2H3. The average molecular weight is 298 g/mol.